The van der Waals surface area contributed by atoms with E-state index >= 15 is 0 Å². The fourth-order valence-electron chi connectivity index (χ4n) is 1.52. The van der Waals surface area contributed by atoms with E-state index in [1.54, 1.807) is 6.07 Å². The van der Waals surface area contributed by atoms with Gasteiger partial charge in [-0.05, 0) is 17.7 Å². The van der Waals surface area contributed by atoms with Gasteiger partial charge in [-0.15, -0.1) is 0 Å². The van der Waals surface area contributed by atoms with Gasteiger partial charge >= 0.3 is 6.18 Å². The average Bonchev–Trinajstić information content (AvgIpc) is 2.27. The topological polar surface area (TPSA) is 21.3 Å². The second kappa shape index (κ2) is 6.86. The number of halogens is 4. The predicted octanol–water partition coefficient (Wildman–Crippen LogP) is 3.44. The van der Waals surface area contributed by atoms with Crippen molar-refractivity contribution in [2.24, 2.45) is 0 Å². The summed E-state index contributed by atoms with van der Waals surface area (Å²) < 4.78 is 54.5. The van der Waals surface area contributed by atoms with E-state index in [0.717, 1.165) is 0 Å². The summed E-state index contributed by atoms with van der Waals surface area (Å²) >= 11 is 0. The van der Waals surface area contributed by atoms with Crippen LogP contribution in [0.3, 0.4) is 0 Å². The third-order valence-corrected chi connectivity index (χ3v) is 2.38. The molecule has 1 unspecified atom stereocenters. The first-order valence-electron chi connectivity index (χ1n) is 5.95. The van der Waals surface area contributed by atoms with Crippen LogP contribution in [0.4, 0.5) is 17.6 Å². The van der Waals surface area contributed by atoms with E-state index in [4.69, 9.17) is 4.74 Å². The van der Waals surface area contributed by atoms with Crippen molar-refractivity contribution < 1.29 is 22.3 Å². The molecule has 108 valence electrons. The molecule has 19 heavy (non-hydrogen) atoms. The highest BCUT2D eigenvalue weighted by Crippen LogP contribution is 2.22. The van der Waals surface area contributed by atoms with Crippen molar-refractivity contribution in [3.05, 3.63) is 35.6 Å². The lowest BCUT2D eigenvalue weighted by atomic mass is 10.1. The Balaban J connectivity index is 2.73. The summed E-state index contributed by atoms with van der Waals surface area (Å²) in [4.78, 5) is 0. The summed E-state index contributed by atoms with van der Waals surface area (Å²) in [6.07, 6.45) is -5.23. The first-order chi connectivity index (χ1) is 8.78. The standard InChI is InChI=1S/C13H17F4NO/c1-9(2)18-7-12(19-8-13(15,16)17)10-4-3-5-11(14)6-10/h3-6,9,12,18H,7-8H2,1-2H3. The Hall–Kier alpha value is -1.14. The SMILES string of the molecule is CC(C)NCC(OCC(F)(F)F)c1cccc(F)c1. The molecule has 1 aromatic rings. The van der Waals surface area contributed by atoms with Crippen molar-refractivity contribution in [3.63, 3.8) is 0 Å². The van der Waals surface area contributed by atoms with Crippen molar-refractivity contribution in [1.29, 1.82) is 0 Å². The number of hydrogen-bond acceptors (Lipinski definition) is 2. The summed E-state index contributed by atoms with van der Waals surface area (Å²) in [5, 5.41) is 2.98. The Bertz CT molecular complexity index is 392. The molecule has 6 heteroatoms. The molecule has 0 aliphatic rings. The Labute approximate surface area is 109 Å². The summed E-state index contributed by atoms with van der Waals surface area (Å²) in [7, 11) is 0. The Morgan fingerprint density at radius 1 is 1.26 bits per heavy atom. The molecule has 0 aliphatic heterocycles. The number of ether oxygens (including phenoxy) is 1. The molecule has 0 amide bonds. The first-order valence-corrected chi connectivity index (χ1v) is 5.95. The van der Waals surface area contributed by atoms with Gasteiger partial charge in [0.05, 0.1) is 6.10 Å². The van der Waals surface area contributed by atoms with E-state index in [1.807, 2.05) is 13.8 Å². The quantitative estimate of drug-likeness (QED) is 0.805. The molecule has 1 atom stereocenters. The second-order valence-corrected chi connectivity index (χ2v) is 4.53. The van der Waals surface area contributed by atoms with Gasteiger partial charge in [0.15, 0.2) is 0 Å². The highest BCUT2D eigenvalue weighted by atomic mass is 19.4. The summed E-state index contributed by atoms with van der Waals surface area (Å²) in [5.74, 6) is -0.498. The highest BCUT2D eigenvalue weighted by Gasteiger charge is 2.29. The largest absolute Gasteiger partial charge is 0.411 e. The van der Waals surface area contributed by atoms with Crippen molar-refractivity contribution in [2.45, 2.75) is 32.2 Å². The molecule has 0 spiro atoms. The third kappa shape index (κ3) is 6.54. The number of alkyl halides is 3. The molecule has 0 saturated carbocycles. The molecule has 1 rings (SSSR count). The zero-order valence-electron chi connectivity index (χ0n) is 10.8. The van der Waals surface area contributed by atoms with Crippen molar-refractivity contribution in [3.8, 4) is 0 Å². The van der Waals surface area contributed by atoms with Crippen LogP contribution in [-0.2, 0) is 4.74 Å². The zero-order chi connectivity index (χ0) is 14.5. The van der Waals surface area contributed by atoms with Gasteiger partial charge in [-0.25, -0.2) is 4.39 Å². The average molecular weight is 279 g/mol. The smallest absolute Gasteiger partial charge is 0.363 e. The van der Waals surface area contributed by atoms with Crippen LogP contribution in [0, 0.1) is 5.82 Å². The van der Waals surface area contributed by atoms with Gasteiger partial charge < -0.3 is 10.1 Å². The molecule has 0 fully saturated rings. The molecule has 1 aromatic carbocycles. The number of hydrogen-bond donors (Lipinski definition) is 1. The number of rotatable bonds is 6. The molecular formula is C13H17F4NO. The maximum Gasteiger partial charge on any atom is 0.411 e. The van der Waals surface area contributed by atoms with Gasteiger partial charge in [-0.3, -0.25) is 0 Å². The van der Waals surface area contributed by atoms with Gasteiger partial charge in [0.2, 0.25) is 0 Å². The molecule has 0 heterocycles. The van der Waals surface area contributed by atoms with Crippen LogP contribution in [0.5, 0.6) is 0 Å². The normalized spacial score (nSPS) is 13.8. The monoisotopic (exact) mass is 279 g/mol. The molecule has 2 nitrogen and oxygen atoms in total. The Kier molecular flexibility index (Phi) is 5.75. The minimum atomic E-state index is -4.40. The van der Waals surface area contributed by atoms with E-state index in [1.165, 1.54) is 18.2 Å². The lowest BCUT2D eigenvalue weighted by Gasteiger charge is -2.21. The van der Waals surface area contributed by atoms with Gasteiger partial charge in [0.1, 0.15) is 12.4 Å². The van der Waals surface area contributed by atoms with Crippen LogP contribution in [-0.4, -0.2) is 25.4 Å². The van der Waals surface area contributed by atoms with E-state index in [2.05, 4.69) is 5.32 Å². The molecule has 0 aromatic heterocycles. The first kappa shape index (κ1) is 15.9. The lowest BCUT2D eigenvalue weighted by molar-refractivity contribution is -0.185. The maximum absolute atomic E-state index is 13.1. The number of benzene rings is 1. The van der Waals surface area contributed by atoms with Crippen LogP contribution < -0.4 is 5.32 Å². The minimum absolute atomic E-state index is 0.102. The van der Waals surface area contributed by atoms with E-state index in [9.17, 15) is 17.6 Å². The number of nitrogens with one attached hydrogen (secondary N) is 1. The molecule has 0 saturated heterocycles. The summed E-state index contributed by atoms with van der Waals surface area (Å²) in [6, 6.07) is 5.52. The fraction of sp³-hybridized carbons (Fsp3) is 0.538. The van der Waals surface area contributed by atoms with Crippen molar-refractivity contribution >= 4 is 0 Å². The van der Waals surface area contributed by atoms with Crippen molar-refractivity contribution in [2.75, 3.05) is 13.2 Å². The second-order valence-electron chi connectivity index (χ2n) is 4.53. The van der Waals surface area contributed by atoms with Crippen LogP contribution in [0.15, 0.2) is 24.3 Å². The molecule has 0 aliphatic carbocycles. The van der Waals surface area contributed by atoms with Gasteiger partial charge in [0, 0.05) is 12.6 Å². The van der Waals surface area contributed by atoms with Crippen LogP contribution in [0.25, 0.3) is 0 Å². The fourth-order valence-corrected chi connectivity index (χ4v) is 1.52. The van der Waals surface area contributed by atoms with Gasteiger partial charge in [-0.1, -0.05) is 26.0 Å². The summed E-state index contributed by atoms with van der Waals surface area (Å²) in [6.45, 7) is 2.57. The van der Waals surface area contributed by atoms with Crippen LogP contribution in [0.1, 0.15) is 25.5 Å². The van der Waals surface area contributed by atoms with E-state index < -0.39 is 24.7 Å². The van der Waals surface area contributed by atoms with E-state index in [0.29, 0.717) is 5.56 Å². The van der Waals surface area contributed by atoms with E-state index in [-0.39, 0.29) is 12.6 Å². The Morgan fingerprint density at radius 3 is 2.47 bits per heavy atom. The third-order valence-electron chi connectivity index (χ3n) is 2.38. The van der Waals surface area contributed by atoms with Crippen LogP contribution in [0.2, 0.25) is 0 Å². The van der Waals surface area contributed by atoms with Gasteiger partial charge in [-0.2, -0.15) is 13.2 Å². The lowest BCUT2D eigenvalue weighted by Crippen LogP contribution is -2.31. The Morgan fingerprint density at radius 2 is 1.95 bits per heavy atom. The summed E-state index contributed by atoms with van der Waals surface area (Å²) in [5.41, 5.74) is 0.386. The van der Waals surface area contributed by atoms with Crippen LogP contribution >= 0.6 is 0 Å². The minimum Gasteiger partial charge on any atom is -0.363 e. The predicted molar refractivity (Wildman–Crippen MR) is 64.3 cm³/mol. The maximum atomic E-state index is 13.1. The molecule has 0 radical (unpaired) electrons. The molecule has 1 N–H and O–H groups in total. The van der Waals surface area contributed by atoms with Gasteiger partial charge in [0.25, 0.3) is 0 Å². The highest BCUT2D eigenvalue weighted by molar-refractivity contribution is 5.19. The molecular weight excluding hydrogens is 262 g/mol. The zero-order valence-corrected chi connectivity index (χ0v) is 10.8. The molecule has 0 bridgehead atoms. The van der Waals surface area contributed by atoms with Crippen molar-refractivity contribution in [1.82, 2.24) is 5.32 Å².